The molecular weight excluding hydrogens is 280 g/mol. The fraction of sp³-hybridized carbons (Fsp3) is 0.167. The van der Waals surface area contributed by atoms with Crippen LogP contribution in [0.2, 0.25) is 0 Å². The van der Waals surface area contributed by atoms with Crippen molar-refractivity contribution in [2.24, 2.45) is 0 Å². The van der Waals surface area contributed by atoms with Gasteiger partial charge in [0, 0.05) is 18.1 Å². The maximum absolute atomic E-state index is 6.00. The van der Waals surface area contributed by atoms with Crippen LogP contribution < -0.4 is 4.90 Å². The third-order valence-corrected chi connectivity index (χ3v) is 4.00. The van der Waals surface area contributed by atoms with E-state index in [4.69, 9.17) is 11.6 Å². The van der Waals surface area contributed by atoms with Gasteiger partial charge in [-0.1, -0.05) is 36.4 Å². The fourth-order valence-electron chi connectivity index (χ4n) is 2.63. The van der Waals surface area contributed by atoms with E-state index in [1.807, 2.05) is 18.2 Å². The van der Waals surface area contributed by atoms with Gasteiger partial charge in [-0.2, -0.15) is 0 Å². The van der Waals surface area contributed by atoms with Gasteiger partial charge in [0.1, 0.15) is 0 Å². The minimum absolute atomic E-state index is 0.416. The Morgan fingerprint density at radius 2 is 1.71 bits per heavy atom. The Kier molecular flexibility index (Phi) is 3.80. The van der Waals surface area contributed by atoms with Gasteiger partial charge in [0.2, 0.25) is 0 Å². The molecule has 0 aliphatic rings. The number of benzene rings is 2. The Hall–Kier alpha value is -2.06. The number of pyridine rings is 1. The number of alkyl halides is 1. The highest BCUT2D eigenvalue weighted by Gasteiger charge is 2.12. The second kappa shape index (κ2) is 5.74. The second-order valence-electron chi connectivity index (χ2n) is 5.13. The smallest absolute Gasteiger partial charge is 0.0726 e. The summed E-state index contributed by atoms with van der Waals surface area (Å²) < 4.78 is 0. The minimum atomic E-state index is 0.416. The van der Waals surface area contributed by atoms with Gasteiger partial charge in [0.05, 0.1) is 22.8 Å². The number of anilines is 2. The molecular formula is C18H17ClN2. The molecule has 3 rings (SSSR count). The first-order valence-corrected chi connectivity index (χ1v) is 7.48. The van der Waals surface area contributed by atoms with Crippen molar-refractivity contribution >= 4 is 33.9 Å². The van der Waals surface area contributed by atoms with Crippen molar-refractivity contribution in [3.05, 3.63) is 65.9 Å². The van der Waals surface area contributed by atoms with E-state index in [-0.39, 0.29) is 0 Å². The van der Waals surface area contributed by atoms with E-state index in [9.17, 15) is 0 Å². The summed E-state index contributed by atoms with van der Waals surface area (Å²) in [6, 6.07) is 18.6. The summed E-state index contributed by atoms with van der Waals surface area (Å²) in [5, 5.41) is 1.14. The van der Waals surface area contributed by atoms with Crippen molar-refractivity contribution in [1.82, 2.24) is 4.98 Å². The molecule has 0 unspecified atom stereocenters. The number of para-hydroxylation sites is 2. The fourth-order valence-corrected chi connectivity index (χ4v) is 2.76. The largest absolute Gasteiger partial charge is 0.344 e. The molecule has 3 heteroatoms. The minimum Gasteiger partial charge on any atom is -0.344 e. The number of hydrogen-bond donors (Lipinski definition) is 0. The van der Waals surface area contributed by atoms with Crippen LogP contribution in [0.25, 0.3) is 10.9 Å². The van der Waals surface area contributed by atoms with E-state index in [1.165, 1.54) is 11.3 Å². The van der Waals surface area contributed by atoms with E-state index in [2.05, 4.69) is 60.3 Å². The molecule has 2 nitrogen and oxygen atoms in total. The van der Waals surface area contributed by atoms with E-state index >= 15 is 0 Å². The number of fused-ring (bicyclic) bond motifs is 1. The van der Waals surface area contributed by atoms with Crippen LogP contribution in [0, 0.1) is 6.92 Å². The van der Waals surface area contributed by atoms with Gasteiger partial charge in [-0.25, -0.2) is 0 Å². The molecule has 106 valence electrons. The predicted octanol–water partition coefficient (Wildman–Crippen LogP) is 5.05. The molecule has 0 spiro atoms. The number of nitrogens with zero attached hydrogens (tertiary/aromatic N) is 2. The van der Waals surface area contributed by atoms with Crippen molar-refractivity contribution in [1.29, 1.82) is 0 Å². The molecule has 0 atom stereocenters. The molecule has 0 N–H and O–H groups in total. The van der Waals surface area contributed by atoms with E-state index < -0.39 is 0 Å². The quantitative estimate of drug-likeness (QED) is 0.629. The Labute approximate surface area is 130 Å². The summed E-state index contributed by atoms with van der Waals surface area (Å²) >= 11 is 6.00. The van der Waals surface area contributed by atoms with Crippen LogP contribution in [0.4, 0.5) is 11.4 Å². The molecule has 21 heavy (non-hydrogen) atoms. The highest BCUT2D eigenvalue weighted by Crippen LogP contribution is 2.32. The first kappa shape index (κ1) is 13.9. The second-order valence-corrected chi connectivity index (χ2v) is 5.40. The van der Waals surface area contributed by atoms with Crippen LogP contribution in [0.1, 0.15) is 11.3 Å². The Bertz CT molecular complexity index is 783. The number of aromatic nitrogens is 1. The summed E-state index contributed by atoms with van der Waals surface area (Å²) in [6.45, 7) is 2.12. The van der Waals surface area contributed by atoms with Crippen LogP contribution in [-0.4, -0.2) is 12.0 Å². The zero-order chi connectivity index (χ0) is 14.8. The summed E-state index contributed by atoms with van der Waals surface area (Å²) in [5.41, 5.74) is 5.44. The average molecular weight is 297 g/mol. The zero-order valence-electron chi connectivity index (χ0n) is 12.2. The Morgan fingerprint density at radius 1 is 1.00 bits per heavy atom. The lowest BCUT2D eigenvalue weighted by molar-refractivity contribution is 1.16. The summed E-state index contributed by atoms with van der Waals surface area (Å²) in [4.78, 5) is 6.80. The summed E-state index contributed by atoms with van der Waals surface area (Å²) in [6.07, 6.45) is 0. The van der Waals surface area contributed by atoms with Crippen molar-refractivity contribution in [3.63, 3.8) is 0 Å². The standard InChI is InChI=1S/C18H17ClN2/c1-13-7-3-6-10-17(13)21(2)18-11-14(12-19)20-16-9-5-4-8-15(16)18/h3-11H,12H2,1-2H3. The first-order chi connectivity index (χ1) is 10.2. The monoisotopic (exact) mass is 296 g/mol. The first-order valence-electron chi connectivity index (χ1n) is 6.94. The summed E-state index contributed by atoms with van der Waals surface area (Å²) in [5.74, 6) is 0.416. The zero-order valence-corrected chi connectivity index (χ0v) is 12.9. The molecule has 1 heterocycles. The molecule has 0 fully saturated rings. The number of hydrogen-bond acceptors (Lipinski definition) is 2. The highest BCUT2D eigenvalue weighted by molar-refractivity contribution is 6.17. The van der Waals surface area contributed by atoms with Gasteiger partial charge < -0.3 is 4.90 Å². The number of halogens is 1. The van der Waals surface area contributed by atoms with Crippen LogP contribution >= 0.6 is 11.6 Å². The van der Waals surface area contributed by atoms with Crippen LogP contribution in [0.3, 0.4) is 0 Å². The van der Waals surface area contributed by atoms with E-state index in [0.717, 1.165) is 22.3 Å². The van der Waals surface area contributed by atoms with Gasteiger partial charge in [0.15, 0.2) is 0 Å². The number of aryl methyl sites for hydroxylation is 1. The molecule has 0 radical (unpaired) electrons. The third kappa shape index (κ3) is 2.59. The van der Waals surface area contributed by atoms with Gasteiger partial charge >= 0.3 is 0 Å². The lowest BCUT2D eigenvalue weighted by atomic mass is 10.1. The van der Waals surface area contributed by atoms with E-state index in [1.54, 1.807) is 0 Å². The van der Waals surface area contributed by atoms with Crippen molar-refractivity contribution in [3.8, 4) is 0 Å². The molecule has 0 bridgehead atoms. The van der Waals surface area contributed by atoms with Gasteiger partial charge in [-0.15, -0.1) is 11.6 Å². The van der Waals surface area contributed by atoms with Crippen molar-refractivity contribution in [2.45, 2.75) is 12.8 Å². The van der Waals surface area contributed by atoms with Crippen molar-refractivity contribution < 1.29 is 0 Å². The number of rotatable bonds is 3. The molecule has 0 aliphatic heterocycles. The molecule has 3 aromatic rings. The highest BCUT2D eigenvalue weighted by atomic mass is 35.5. The van der Waals surface area contributed by atoms with Gasteiger partial charge in [-0.3, -0.25) is 4.98 Å². The lowest BCUT2D eigenvalue weighted by Crippen LogP contribution is -2.12. The molecule has 0 amide bonds. The average Bonchev–Trinajstić information content (AvgIpc) is 2.53. The van der Waals surface area contributed by atoms with Gasteiger partial charge in [-0.05, 0) is 30.7 Å². The molecule has 0 aliphatic carbocycles. The molecule has 2 aromatic carbocycles. The summed E-state index contributed by atoms with van der Waals surface area (Å²) in [7, 11) is 2.09. The maximum atomic E-state index is 6.00. The van der Waals surface area contributed by atoms with Crippen molar-refractivity contribution in [2.75, 3.05) is 11.9 Å². The normalized spacial score (nSPS) is 10.8. The lowest BCUT2D eigenvalue weighted by Gasteiger charge is -2.23. The van der Waals surface area contributed by atoms with Crippen LogP contribution in [0.5, 0.6) is 0 Å². The van der Waals surface area contributed by atoms with Crippen LogP contribution in [-0.2, 0) is 5.88 Å². The van der Waals surface area contributed by atoms with Crippen LogP contribution in [0.15, 0.2) is 54.6 Å². The van der Waals surface area contributed by atoms with Gasteiger partial charge in [0.25, 0.3) is 0 Å². The molecule has 0 saturated carbocycles. The predicted molar refractivity (Wildman–Crippen MR) is 90.5 cm³/mol. The third-order valence-electron chi connectivity index (χ3n) is 3.72. The molecule has 0 saturated heterocycles. The van der Waals surface area contributed by atoms with E-state index in [0.29, 0.717) is 5.88 Å². The topological polar surface area (TPSA) is 16.1 Å². The SMILES string of the molecule is Cc1ccccc1N(C)c1cc(CCl)nc2ccccc12. The Balaban J connectivity index is 2.21. The molecule has 1 aromatic heterocycles. The maximum Gasteiger partial charge on any atom is 0.0726 e. The Morgan fingerprint density at radius 3 is 2.48 bits per heavy atom.